The Kier molecular flexibility index (Phi) is 4.30. The Bertz CT molecular complexity index is 413. The van der Waals surface area contributed by atoms with Gasteiger partial charge in [0.15, 0.2) is 0 Å². The van der Waals surface area contributed by atoms with E-state index < -0.39 is 0 Å². The van der Waals surface area contributed by atoms with Crippen molar-refractivity contribution in [1.82, 2.24) is 15.2 Å². The van der Waals surface area contributed by atoms with Crippen LogP contribution < -0.4 is 11.3 Å². The minimum Gasteiger partial charge on any atom is -0.304 e. The molecule has 1 heterocycles. The SMILES string of the molecule is CN1CCN(Cc2cccc(C(=O)NN)c2)CC1. The van der Waals surface area contributed by atoms with E-state index in [1.165, 1.54) is 0 Å². The summed E-state index contributed by atoms with van der Waals surface area (Å²) in [6.07, 6.45) is 0. The number of nitrogens with one attached hydrogen (secondary N) is 1. The Balaban J connectivity index is 1.99. The first-order valence-electron chi connectivity index (χ1n) is 6.20. The number of nitrogens with zero attached hydrogens (tertiary/aromatic N) is 2. The van der Waals surface area contributed by atoms with Crippen LogP contribution in [0.4, 0.5) is 0 Å². The lowest BCUT2D eigenvalue weighted by molar-refractivity contribution is 0.0953. The lowest BCUT2D eigenvalue weighted by atomic mass is 10.1. The predicted molar refractivity (Wildman–Crippen MR) is 70.9 cm³/mol. The highest BCUT2D eigenvalue weighted by atomic mass is 16.2. The molecule has 1 aromatic rings. The summed E-state index contributed by atoms with van der Waals surface area (Å²) in [6, 6.07) is 7.62. The molecule has 0 radical (unpaired) electrons. The Labute approximate surface area is 108 Å². The summed E-state index contributed by atoms with van der Waals surface area (Å²) >= 11 is 0. The van der Waals surface area contributed by atoms with Gasteiger partial charge in [-0.05, 0) is 24.7 Å². The predicted octanol–water partition coefficient (Wildman–Crippen LogP) is 0.0375. The zero-order chi connectivity index (χ0) is 13.0. The number of nitrogen functional groups attached to an aromatic ring is 1. The number of rotatable bonds is 3. The highest BCUT2D eigenvalue weighted by Crippen LogP contribution is 2.10. The maximum Gasteiger partial charge on any atom is 0.265 e. The number of likely N-dealkylation sites (N-methyl/N-ethyl adjacent to an activating group) is 1. The third-order valence-corrected chi connectivity index (χ3v) is 3.32. The van der Waals surface area contributed by atoms with Gasteiger partial charge in [0.1, 0.15) is 0 Å². The van der Waals surface area contributed by atoms with Crippen molar-refractivity contribution >= 4 is 5.91 Å². The van der Waals surface area contributed by atoms with E-state index in [0.29, 0.717) is 5.56 Å². The van der Waals surface area contributed by atoms with Crippen LogP contribution in [0.5, 0.6) is 0 Å². The second kappa shape index (κ2) is 5.95. The smallest absolute Gasteiger partial charge is 0.265 e. The number of nitrogens with two attached hydrogens (primary N) is 1. The van der Waals surface area contributed by atoms with Crippen molar-refractivity contribution in [1.29, 1.82) is 0 Å². The van der Waals surface area contributed by atoms with Crippen LogP contribution in [0.2, 0.25) is 0 Å². The second-order valence-electron chi connectivity index (χ2n) is 4.75. The van der Waals surface area contributed by atoms with Crippen LogP contribution in [0.25, 0.3) is 0 Å². The first kappa shape index (κ1) is 13.0. The number of benzene rings is 1. The van der Waals surface area contributed by atoms with Crippen LogP contribution in [-0.2, 0) is 6.54 Å². The van der Waals surface area contributed by atoms with Gasteiger partial charge >= 0.3 is 0 Å². The highest BCUT2D eigenvalue weighted by Gasteiger charge is 2.14. The molecule has 2 rings (SSSR count). The largest absolute Gasteiger partial charge is 0.304 e. The molecule has 1 fully saturated rings. The first-order valence-corrected chi connectivity index (χ1v) is 6.20. The third-order valence-electron chi connectivity index (χ3n) is 3.32. The molecule has 0 aromatic heterocycles. The quantitative estimate of drug-likeness (QED) is 0.450. The van der Waals surface area contributed by atoms with Crippen molar-refractivity contribution in [2.75, 3.05) is 33.2 Å². The Morgan fingerprint density at radius 1 is 1.33 bits per heavy atom. The van der Waals surface area contributed by atoms with Gasteiger partial charge in [0.05, 0.1) is 0 Å². The second-order valence-corrected chi connectivity index (χ2v) is 4.75. The monoisotopic (exact) mass is 248 g/mol. The fourth-order valence-corrected chi connectivity index (χ4v) is 2.16. The lowest BCUT2D eigenvalue weighted by Crippen LogP contribution is -2.43. The minimum atomic E-state index is -0.241. The molecule has 0 spiro atoms. The van der Waals surface area contributed by atoms with Gasteiger partial charge in [-0.1, -0.05) is 12.1 Å². The molecule has 0 saturated carbocycles. The molecule has 5 nitrogen and oxygen atoms in total. The molecular formula is C13H20N4O. The van der Waals surface area contributed by atoms with Crippen LogP contribution in [0, 0.1) is 0 Å². The summed E-state index contributed by atoms with van der Waals surface area (Å²) in [7, 11) is 2.14. The van der Waals surface area contributed by atoms with Crippen LogP contribution in [0.1, 0.15) is 15.9 Å². The molecule has 0 bridgehead atoms. The van der Waals surface area contributed by atoms with Crippen LogP contribution in [0.3, 0.4) is 0 Å². The molecule has 0 aliphatic carbocycles. The number of hydrazine groups is 1. The van der Waals surface area contributed by atoms with Crippen LogP contribution in [-0.4, -0.2) is 48.9 Å². The van der Waals surface area contributed by atoms with Gasteiger partial charge in [0.25, 0.3) is 5.91 Å². The van der Waals surface area contributed by atoms with E-state index in [9.17, 15) is 4.79 Å². The zero-order valence-corrected chi connectivity index (χ0v) is 10.7. The summed E-state index contributed by atoms with van der Waals surface area (Å²) in [5.74, 6) is 4.90. The Morgan fingerprint density at radius 3 is 2.72 bits per heavy atom. The Morgan fingerprint density at radius 2 is 2.06 bits per heavy atom. The first-order chi connectivity index (χ1) is 8.69. The molecule has 1 amide bonds. The highest BCUT2D eigenvalue weighted by molar-refractivity contribution is 5.93. The number of hydrogen-bond donors (Lipinski definition) is 2. The summed E-state index contributed by atoms with van der Waals surface area (Å²) < 4.78 is 0. The van der Waals surface area contributed by atoms with E-state index in [2.05, 4.69) is 22.3 Å². The van der Waals surface area contributed by atoms with Crippen molar-refractivity contribution in [2.45, 2.75) is 6.54 Å². The van der Waals surface area contributed by atoms with Gasteiger partial charge < -0.3 is 4.90 Å². The van der Waals surface area contributed by atoms with Gasteiger partial charge in [-0.2, -0.15) is 0 Å². The van der Waals surface area contributed by atoms with E-state index in [-0.39, 0.29) is 5.91 Å². The van der Waals surface area contributed by atoms with E-state index in [0.717, 1.165) is 38.3 Å². The van der Waals surface area contributed by atoms with Crippen molar-refractivity contribution < 1.29 is 4.79 Å². The average molecular weight is 248 g/mol. The maximum atomic E-state index is 11.4. The number of carbonyl (C=O) groups excluding carboxylic acids is 1. The van der Waals surface area contributed by atoms with E-state index in [1.807, 2.05) is 18.2 Å². The zero-order valence-electron chi connectivity index (χ0n) is 10.7. The van der Waals surface area contributed by atoms with Crippen LogP contribution >= 0.6 is 0 Å². The summed E-state index contributed by atoms with van der Waals surface area (Å²) in [6.45, 7) is 5.24. The fraction of sp³-hybridized carbons (Fsp3) is 0.462. The lowest BCUT2D eigenvalue weighted by Gasteiger charge is -2.32. The molecule has 0 atom stereocenters. The fourth-order valence-electron chi connectivity index (χ4n) is 2.16. The number of piperazine rings is 1. The summed E-state index contributed by atoms with van der Waals surface area (Å²) in [4.78, 5) is 16.2. The van der Waals surface area contributed by atoms with Crippen molar-refractivity contribution in [2.24, 2.45) is 5.84 Å². The molecule has 3 N–H and O–H groups in total. The minimum absolute atomic E-state index is 0.241. The van der Waals surface area contributed by atoms with Gasteiger partial charge in [0.2, 0.25) is 0 Å². The molecule has 1 saturated heterocycles. The molecule has 1 aromatic carbocycles. The van der Waals surface area contributed by atoms with Gasteiger partial charge in [-0.3, -0.25) is 15.1 Å². The normalized spacial score (nSPS) is 17.7. The average Bonchev–Trinajstić information content (AvgIpc) is 2.41. The molecule has 98 valence electrons. The van der Waals surface area contributed by atoms with Crippen LogP contribution in [0.15, 0.2) is 24.3 Å². The molecular weight excluding hydrogens is 228 g/mol. The molecule has 1 aliphatic heterocycles. The number of hydrogen-bond acceptors (Lipinski definition) is 4. The van der Waals surface area contributed by atoms with Crippen molar-refractivity contribution in [3.05, 3.63) is 35.4 Å². The topological polar surface area (TPSA) is 61.6 Å². The van der Waals surface area contributed by atoms with Crippen molar-refractivity contribution in [3.8, 4) is 0 Å². The molecule has 0 unspecified atom stereocenters. The summed E-state index contributed by atoms with van der Waals surface area (Å²) in [5.41, 5.74) is 3.93. The molecule has 18 heavy (non-hydrogen) atoms. The van der Waals surface area contributed by atoms with Gasteiger partial charge in [-0.25, -0.2) is 5.84 Å². The van der Waals surface area contributed by atoms with E-state index >= 15 is 0 Å². The van der Waals surface area contributed by atoms with Gasteiger partial charge in [0, 0.05) is 38.3 Å². The van der Waals surface area contributed by atoms with Crippen molar-refractivity contribution in [3.63, 3.8) is 0 Å². The molecule has 5 heteroatoms. The maximum absolute atomic E-state index is 11.4. The van der Waals surface area contributed by atoms with E-state index in [1.54, 1.807) is 6.07 Å². The number of amides is 1. The third kappa shape index (κ3) is 3.29. The Hall–Kier alpha value is -1.43. The molecule has 1 aliphatic rings. The standard InChI is InChI=1S/C13H20N4O/c1-16-5-7-17(8-6-16)10-11-3-2-4-12(9-11)13(18)15-14/h2-4,9H,5-8,10,14H2,1H3,(H,15,18). The number of carbonyl (C=O) groups is 1. The summed E-state index contributed by atoms with van der Waals surface area (Å²) in [5, 5.41) is 0. The van der Waals surface area contributed by atoms with Gasteiger partial charge in [-0.15, -0.1) is 0 Å². The van der Waals surface area contributed by atoms with E-state index in [4.69, 9.17) is 5.84 Å².